The lowest BCUT2D eigenvalue weighted by Gasteiger charge is -2.43. The third-order valence-corrected chi connectivity index (χ3v) is 6.82. The lowest BCUT2D eigenvalue weighted by Crippen LogP contribution is -2.49. The first kappa shape index (κ1) is 18.4. The van der Waals surface area contributed by atoms with E-state index in [1.54, 1.807) is 6.07 Å². The van der Waals surface area contributed by atoms with E-state index in [9.17, 15) is 14.7 Å². The zero-order valence-corrected chi connectivity index (χ0v) is 16.5. The standard InChI is InChI=1S/C23H25NO5/c1-2-3-8-28-23-19-16(29-24-23)11-14-10-13-9-12-6-4-5-7-15(12)20(25)17(13)21(26)18(14)22(19)27/h4-7,13-14,16,18-19,26H,2-3,8-11H2,1H3. The molecule has 5 atom stereocenters. The van der Waals surface area contributed by atoms with Crippen molar-refractivity contribution >= 4 is 17.5 Å². The number of carbonyl (C=O) groups is 2. The summed E-state index contributed by atoms with van der Waals surface area (Å²) >= 11 is 0. The smallest absolute Gasteiger partial charge is 0.240 e. The molecular weight excluding hydrogens is 370 g/mol. The number of aliphatic hydroxyl groups is 1. The predicted molar refractivity (Wildman–Crippen MR) is 106 cm³/mol. The topological polar surface area (TPSA) is 85.2 Å². The van der Waals surface area contributed by atoms with Crippen molar-refractivity contribution in [3.8, 4) is 0 Å². The highest BCUT2D eigenvalue weighted by atomic mass is 16.7. The Morgan fingerprint density at radius 3 is 2.86 bits per heavy atom. The molecule has 1 saturated carbocycles. The third-order valence-electron chi connectivity index (χ3n) is 6.82. The molecule has 0 amide bonds. The van der Waals surface area contributed by atoms with Gasteiger partial charge in [0.25, 0.3) is 0 Å². The number of unbranched alkanes of at least 4 members (excludes halogenated alkanes) is 1. The Kier molecular flexibility index (Phi) is 4.45. The highest BCUT2D eigenvalue weighted by Gasteiger charge is 2.56. The van der Waals surface area contributed by atoms with E-state index in [0.29, 0.717) is 36.5 Å². The summed E-state index contributed by atoms with van der Waals surface area (Å²) in [5.41, 5.74) is 2.09. The molecule has 5 unspecified atom stereocenters. The number of allylic oxidation sites excluding steroid dienone is 2. The Morgan fingerprint density at radius 1 is 1.21 bits per heavy atom. The summed E-state index contributed by atoms with van der Waals surface area (Å²) in [7, 11) is 0. The summed E-state index contributed by atoms with van der Waals surface area (Å²) in [6.07, 6.45) is 3.58. The summed E-state index contributed by atoms with van der Waals surface area (Å²) in [4.78, 5) is 32.0. The fraction of sp³-hybridized carbons (Fsp3) is 0.522. The van der Waals surface area contributed by atoms with E-state index in [1.807, 2.05) is 18.2 Å². The van der Waals surface area contributed by atoms with E-state index >= 15 is 0 Å². The molecular formula is C23H25NO5. The average Bonchev–Trinajstić information content (AvgIpc) is 3.11. The SMILES string of the molecule is CCCCOC1=NOC2CC3CC4Cc5ccccc5C(=O)C4=C(O)C3C(=O)C12. The molecule has 6 heteroatoms. The largest absolute Gasteiger partial charge is 0.511 e. The maximum Gasteiger partial charge on any atom is 0.240 e. The lowest BCUT2D eigenvalue weighted by atomic mass is 9.60. The van der Waals surface area contributed by atoms with Crippen molar-refractivity contribution in [2.24, 2.45) is 28.8 Å². The number of rotatable bonds is 3. The highest BCUT2D eigenvalue weighted by Crippen LogP contribution is 2.50. The van der Waals surface area contributed by atoms with Gasteiger partial charge in [-0.2, -0.15) is 0 Å². The molecule has 0 aromatic heterocycles. The number of nitrogens with zero attached hydrogens (tertiary/aromatic N) is 1. The van der Waals surface area contributed by atoms with Crippen molar-refractivity contribution < 1.29 is 24.3 Å². The van der Waals surface area contributed by atoms with Gasteiger partial charge in [-0.05, 0) is 43.1 Å². The normalized spacial score (nSPS) is 32.6. The fourth-order valence-electron chi connectivity index (χ4n) is 5.45. The van der Waals surface area contributed by atoms with E-state index < -0.39 is 11.8 Å². The molecule has 5 rings (SSSR count). The second kappa shape index (κ2) is 7.01. The lowest BCUT2D eigenvalue weighted by molar-refractivity contribution is -0.135. The van der Waals surface area contributed by atoms with Gasteiger partial charge in [0.2, 0.25) is 5.90 Å². The molecule has 4 aliphatic rings. The Hall–Kier alpha value is -2.63. The second-order valence-electron chi connectivity index (χ2n) is 8.55. The molecule has 1 aromatic rings. The van der Waals surface area contributed by atoms with Crippen molar-refractivity contribution in [2.45, 2.75) is 45.1 Å². The fourth-order valence-corrected chi connectivity index (χ4v) is 5.45. The molecule has 3 aliphatic carbocycles. The van der Waals surface area contributed by atoms with Crippen LogP contribution in [-0.4, -0.2) is 35.3 Å². The van der Waals surface area contributed by atoms with Gasteiger partial charge in [0, 0.05) is 11.1 Å². The van der Waals surface area contributed by atoms with Crippen LogP contribution in [0.15, 0.2) is 40.8 Å². The van der Waals surface area contributed by atoms with Crippen LogP contribution in [0.1, 0.15) is 48.5 Å². The molecule has 29 heavy (non-hydrogen) atoms. The van der Waals surface area contributed by atoms with Gasteiger partial charge >= 0.3 is 0 Å². The Labute approximate surface area is 169 Å². The molecule has 6 nitrogen and oxygen atoms in total. The Balaban J connectivity index is 1.47. The minimum atomic E-state index is -0.668. The van der Waals surface area contributed by atoms with Crippen LogP contribution >= 0.6 is 0 Å². The van der Waals surface area contributed by atoms with E-state index in [0.717, 1.165) is 24.8 Å². The van der Waals surface area contributed by atoms with Crippen molar-refractivity contribution in [3.63, 3.8) is 0 Å². The number of aliphatic hydroxyl groups excluding tert-OH is 1. The van der Waals surface area contributed by atoms with Crippen LogP contribution in [-0.2, 0) is 20.8 Å². The third kappa shape index (κ3) is 2.80. The monoisotopic (exact) mass is 395 g/mol. The zero-order valence-electron chi connectivity index (χ0n) is 16.5. The molecule has 0 saturated heterocycles. The molecule has 152 valence electrons. The summed E-state index contributed by atoms with van der Waals surface area (Å²) < 4.78 is 5.71. The Bertz CT molecular complexity index is 933. The van der Waals surface area contributed by atoms with Gasteiger partial charge in [0.15, 0.2) is 11.6 Å². The Morgan fingerprint density at radius 2 is 2.03 bits per heavy atom. The number of fused-ring (bicyclic) bond motifs is 4. The van der Waals surface area contributed by atoms with E-state index in [-0.39, 0.29) is 35.3 Å². The van der Waals surface area contributed by atoms with Crippen molar-refractivity contribution in [1.29, 1.82) is 0 Å². The van der Waals surface area contributed by atoms with Crippen molar-refractivity contribution in [2.75, 3.05) is 6.61 Å². The highest BCUT2D eigenvalue weighted by molar-refractivity contribution is 6.13. The number of hydrogen-bond donors (Lipinski definition) is 1. The molecule has 1 aromatic carbocycles. The van der Waals surface area contributed by atoms with Gasteiger partial charge < -0.3 is 14.7 Å². The number of carbonyl (C=O) groups excluding carboxylic acids is 2. The number of benzene rings is 1. The summed E-state index contributed by atoms with van der Waals surface area (Å²) in [5.74, 6) is -1.32. The van der Waals surface area contributed by atoms with Crippen LogP contribution in [0, 0.1) is 23.7 Å². The van der Waals surface area contributed by atoms with Gasteiger partial charge in [-0.15, -0.1) is 0 Å². The second-order valence-corrected chi connectivity index (χ2v) is 8.55. The van der Waals surface area contributed by atoms with Gasteiger partial charge in [-0.3, -0.25) is 9.59 Å². The minimum absolute atomic E-state index is 0.0333. The van der Waals surface area contributed by atoms with Crippen molar-refractivity contribution in [3.05, 3.63) is 46.7 Å². The molecule has 0 radical (unpaired) electrons. The summed E-state index contributed by atoms with van der Waals surface area (Å²) in [5, 5.41) is 15.1. The minimum Gasteiger partial charge on any atom is -0.511 e. The van der Waals surface area contributed by atoms with Crippen LogP contribution in [0.25, 0.3) is 0 Å². The zero-order chi connectivity index (χ0) is 20.1. The van der Waals surface area contributed by atoms with E-state index in [2.05, 4.69) is 12.1 Å². The number of Topliss-reactive ketones (excluding diaryl/α,β-unsaturated/α-hetero) is 2. The van der Waals surface area contributed by atoms with Gasteiger partial charge in [-0.25, -0.2) is 0 Å². The van der Waals surface area contributed by atoms with E-state index in [1.165, 1.54) is 0 Å². The number of ether oxygens (including phenoxy) is 1. The van der Waals surface area contributed by atoms with Crippen LogP contribution in [0.5, 0.6) is 0 Å². The molecule has 1 heterocycles. The molecule has 1 N–H and O–H groups in total. The number of hydrogen-bond acceptors (Lipinski definition) is 6. The molecule has 1 aliphatic heterocycles. The molecule has 0 bridgehead atoms. The van der Waals surface area contributed by atoms with Crippen LogP contribution in [0.3, 0.4) is 0 Å². The summed E-state index contributed by atoms with van der Waals surface area (Å²) in [6, 6.07) is 7.55. The van der Waals surface area contributed by atoms with Gasteiger partial charge in [0.05, 0.1) is 12.5 Å². The maximum absolute atomic E-state index is 13.4. The predicted octanol–water partition coefficient (Wildman–Crippen LogP) is 3.61. The van der Waals surface area contributed by atoms with Crippen LogP contribution in [0.2, 0.25) is 0 Å². The number of ketones is 2. The average molecular weight is 395 g/mol. The first-order valence-electron chi connectivity index (χ1n) is 10.6. The van der Waals surface area contributed by atoms with Crippen LogP contribution in [0.4, 0.5) is 0 Å². The summed E-state index contributed by atoms with van der Waals surface area (Å²) in [6.45, 7) is 2.56. The van der Waals surface area contributed by atoms with Crippen LogP contribution < -0.4 is 0 Å². The maximum atomic E-state index is 13.4. The first-order chi connectivity index (χ1) is 14.1. The quantitative estimate of drug-likeness (QED) is 0.791. The number of oxime groups is 1. The van der Waals surface area contributed by atoms with Crippen molar-refractivity contribution in [1.82, 2.24) is 0 Å². The van der Waals surface area contributed by atoms with Gasteiger partial charge in [-0.1, -0.05) is 42.8 Å². The van der Waals surface area contributed by atoms with E-state index in [4.69, 9.17) is 9.57 Å². The molecule has 0 spiro atoms. The molecule has 1 fully saturated rings. The van der Waals surface area contributed by atoms with Gasteiger partial charge in [0.1, 0.15) is 17.8 Å². The first-order valence-corrected chi connectivity index (χ1v) is 10.6.